The van der Waals surface area contributed by atoms with Gasteiger partial charge in [0.15, 0.2) is 5.71 Å². The van der Waals surface area contributed by atoms with Gasteiger partial charge < -0.3 is 9.67 Å². The minimum absolute atomic E-state index is 0.304. The summed E-state index contributed by atoms with van der Waals surface area (Å²) in [6, 6.07) is 23.5. The van der Waals surface area contributed by atoms with Crippen molar-refractivity contribution in [1.29, 1.82) is 0 Å². The van der Waals surface area contributed by atoms with Crippen molar-refractivity contribution in [3.05, 3.63) is 129 Å². The van der Waals surface area contributed by atoms with E-state index in [1.54, 1.807) is 23.3 Å². The molecule has 8 rings (SSSR count). The van der Waals surface area contributed by atoms with E-state index in [2.05, 4.69) is 104 Å². The molecule has 46 heavy (non-hydrogen) atoms. The van der Waals surface area contributed by atoms with Crippen molar-refractivity contribution in [2.75, 3.05) is 7.05 Å². The highest BCUT2D eigenvalue weighted by atomic mass is 32.2. The van der Waals surface area contributed by atoms with Crippen LogP contribution in [0.4, 0.5) is 5.69 Å². The van der Waals surface area contributed by atoms with Gasteiger partial charge in [0.2, 0.25) is 5.69 Å². The number of allylic oxidation sites excluding steroid dienone is 5. The van der Waals surface area contributed by atoms with E-state index >= 15 is 0 Å². The molecule has 5 aromatic rings. The molecule has 4 aromatic carbocycles. The second kappa shape index (κ2) is 11.5. The molecular weight excluding hydrogens is 581 g/mol. The third-order valence-electron chi connectivity index (χ3n) is 10.6. The normalized spacial score (nSPS) is 19.5. The minimum Gasteiger partial charge on any atom is -0.508 e. The third-order valence-corrected chi connectivity index (χ3v) is 11.8. The molecule has 1 atom stereocenters. The summed E-state index contributed by atoms with van der Waals surface area (Å²) in [6.07, 6.45) is 16.5. The largest absolute Gasteiger partial charge is 0.508 e. The number of hydrogen-bond donors (Lipinski definition) is 1. The van der Waals surface area contributed by atoms with Gasteiger partial charge in [-0.05, 0) is 122 Å². The van der Waals surface area contributed by atoms with Crippen molar-refractivity contribution in [2.24, 2.45) is 7.05 Å². The zero-order chi connectivity index (χ0) is 31.5. The molecule has 1 N–H and O–H groups in total. The number of hydrogen-bond acceptors (Lipinski definition) is 2. The third kappa shape index (κ3) is 4.77. The molecule has 0 spiro atoms. The number of benzene rings is 4. The summed E-state index contributed by atoms with van der Waals surface area (Å²) < 4.78 is 4.79. The second-order valence-corrected chi connectivity index (χ2v) is 14.4. The van der Waals surface area contributed by atoms with Crippen LogP contribution in [0, 0.1) is 13.8 Å². The number of rotatable bonds is 5. The average Bonchev–Trinajstić information content (AvgIpc) is 3.50. The molecule has 0 saturated heterocycles. The Morgan fingerprint density at radius 1 is 0.848 bits per heavy atom. The molecule has 230 valence electrons. The van der Waals surface area contributed by atoms with Crippen LogP contribution in [0.15, 0.2) is 106 Å². The number of thioether (sulfide) groups is 1. The highest BCUT2D eigenvalue weighted by Gasteiger charge is 2.40. The van der Waals surface area contributed by atoms with Crippen molar-refractivity contribution in [1.82, 2.24) is 4.57 Å². The van der Waals surface area contributed by atoms with Crippen LogP contribution in [0.1, 0.15) is 60.3 Å². The summed E-state index contributed by atoms with van der Waals surface area (Å²) in [7, 11) is 4.44. The van der Waals surface area contributed by atoms with Gasteiger partial charge in [-0.1, -0.05) is 54.2 Å². The monoisotopic (exact) mass is 621 g/mol. The lowest BCUT2D eigenvalue weighted by atomic mass is 9.79. The molecule has 0 fully saturated rings. The molecule has 0 saturated carbocycles. The van der Waals surface area contributed by atoms with Crippen molar-refractivity contribution < 1.29 is 9.68 Å². The van der Waals surface area contributed by atoms with E-state index in [4.69, 9.17) is 0 Å². The average molecular weight is 622 g/mol. The van der Waals surface area contributed by atoms with E-state index in [9.17, 15) is 5.11 Å². The maximum Gasteiger partial charge on any atom is 0.209 e. The van der Waals surface area contributed by atoms with E-state index in [0.29, 0.717) is 11.7 Å². The molecule has 2 heterocycles. The first-order valence-corrected chi connectivity index (χ1v) is 17.5. The van der Waals surface area contributed by atoms with Gasteiger partial charge in [0.25, 0.3) is 0 Å². The maximum absolute atomic E-state index is 9.98. The van der Waals surface area contributed by atoms with Gasteiger partial charge in [-0.15, -0.1) is 0 Å². The smallest absolute Gasteiger partial charge is 0.209 e. The lowest BCUT2D eigenvalue weighted by Crippen LogP contribution is -2.16. The summed E-state index contributed by atoms with van der Waals surface area (Å²) in [5.41, 5.74) is 12.8. The molecule has 1 aliphatic heterocycles. The first-order valence-electron chi connectivity index (χ1n) is 16.7. The fourth-order valence-corrected chi connectivity index (χ4v) is 9.30. The SMILES string of the molecule is Cc1ccc2c3c1CCCC3C(C=CC1=C(Sc3ccc(O)cc3)C(=CC=c3c4cccc5c(C)ccc(c54)n3C)CCC1)=[N+]2C. The molecule has 0 radical (unpaired) electrons. The van der Waals surface area contributed by atoms with Gasteiger partial charge in [0, 0.05) is 56.2 Å². The van der Waals surface area contributed by atoms with Crippen molar-refractivity contribution in [2.45, 2.75) is 63.2 Å². The molecule has 1 aromatic heterocycles. The first kappa shape index (κ1) is 29.1. The Kier molecular flexibility index (Phi) is 7.29. The zero-order valence-corrected chi connectivity index (χ0v) is 28.0. The zero-order valence-electron chi connectivity index (χ0n) is 27.2. The Morgan fingerprint density at radius 2 is 1.65 bits per heavy atom. The summed E-state index contributed by atoms with van der Waals surface area (Å²) in [5.74, 6) is 0.793. The van der Waals surface area contributed by atoms with Gasteiger partial charge in [0.05, 0.1) is 5.92 Å². The van der Waals surface area contributed by atoms with Gasteiger partial charge in [-0.2, -0.15) is 4.58 Å². The second-order valence-electron chi connectivity index (χ2n) is 13.3. The van der Waals surface area contributed by atoms with Crippen molar-refractivity contribution >= 4 is 50.9 Å². The molecule has 3 aliphatic rings. The Balaban J connectivity index is 1.24. The maximum atomic E-state index is 9.98. The van der Waals surface area contributed by atoms with Crippen molar-refractivity contribution in [3.63, 3.8) is 0 Å². The molecule has 0 amide bonds. The highest BCUT2D eigenvalue weighted by molar-refractivity contribution is 8.03. The van der Waals surface area contributed by atoms with E-state index in [-0.39, 0.29) is 0 Å². The standard InChI is InChI=1S/C42H40N2OS/c1-26-14-22-38-40-32(26)10-6-12-34(40)36(43(38)3)24-16-28-8-5-9-29(42(28)46-31-20-18-30(45)19-21-31)17-25-37-35-13-7-11-33-27(2)15-23-39(41(33)35)44(37)4/h6,10,12,14-25,35H,5,7-9,11,13H2,1-4H3/p+1. The van der Waals surface area contributed by atoms with E-state index in [1.807, 2.05) is 23.9 Å². The number of aryl methyl sites for hydroxylation is 3. The molecule has 3 nitrogen and oxygen atoms in total. The van der Waals surface area contributed by atoms with Crippen LogP contribution in [0.3, 0.4) is 0 Å². The molecule has 4 heteroatoms. The number of nitrogens with zero attached hydrogens (tertiary/aromatic N) is 2. The quantitative estimate of drug-likeness (QED) is 0.198. The Bertz CT molecular complexity index is 2230. The van der Waals surface area contributed by atoms with Crippen LogP contribution < -0.4 is 5.35 Å². The number of aromatic hydroxyl groups is 1. The van der Waals surface area contributed by atoms with Crippen LogP contribution in [0.25, 0.3) is 27.8 Å². The van der Waals surface area contributed by atoms with Crippen LogP contribution in [-0.4, -0.2) is 27.0 Å². The fourth-order valence-electron chi connectivity index (χ4n) is 8.19. The molecule has 1 unspecified atom stereocenters. The molecular formula is C42H41N2OS+. The summed E-state index contributed by atoms with van der Waals surface area (Å²) in [5, 5.41) is 15.2. The van der Waals surface area contributed by atoms with Gasteiger partial charge in [-0.25, -0.2) is 0 Å². The Morgan fingerprint density at radius 3 is 2.50 bits per heavy atom. The summed E-state index contributed by atoms with van der Waals surface area (Å²) in [4.78, 5) is 2.49. The Hall–Kier alpha value is -4.28. The predicted octanol–water partition coefficient (Wildman–Crippen LogP) is 9.71. The Labute approximate surface area is 275 Å². The van der Waals surface area contributed by atoms with Gasteiger partial charge in [-0.3, -0.25) is 0 Å². The number of phenols is 1. The van der Waals surface area contributed by atoms with Crippen LogP contribution in [-0.2, 0) is 13.5 Å². The summed E-state index contributed by atoms with van der Waals surface area (Å²) in [6.45, 7) is 4.48. The van der Waals surface area contributed by atoms with Gasteiger partial charge in [0.1, 0.15) is 12.8 Å². The van der Waals surface area contributed by atoms with Crippen LogP contribution in [0.2, 0.25) is 0 Å². The van der Waals surface area contributed by atoms with Gasteiger partial charge >= 0.3 is 0 Å². The first-order chi connectivity index (χ1) is 22.4. The summed E-state index contributed by atoms with van der Waals surface area (Å²) >= 11 is 1.83. The van der Waals surface area contributed by atoms with E-state index in [0.717, 1.165) is 24.2 Å². The van der Waals surface area contributed by atoms with Crippen LogP contribution >= 0.6 is 11.8 Å². The number of aromatic nitrogens is 1. The predicted molar refractivity (Wildman–Crippen MR) is 195 cm³/mol. The van der Waals surface area contributed by atoms with Crippen molar-refractivity contribution in [3.8, 4) is 5.75 Å². The fraction of sp³-hybridized carbons (Fsp3) is 0.262. The lowest BCUT2D eigenvalue weighted by molar-refractivity contribution is -0.401. The highest BCUT2D eigenvalue weighted by Crippen LogP contribution is 2.46. The number of phenolic OH excluding ortho intramolecular Hbond substituents is 1. The lowest BCUT2D eigenvalue weighted by Gasteiger charge is -2.22. The topological polar surface area (TPSA) is 28.2 Å². The van der Waals surface area contributed by atoms with Crippen LogP contribution in [0.5, 0.6) is 5.75 Å². The molecule has 2 aliphatic carbocycles. The minimum atomic E-state index is 0.304. The van der Waals surface area contributed by atoms with E-state index in [1.165, 1.54) is 84.9 Å². The molecule has 0 bridgehead atoms. The van der Waals surface area contributed by atoms with E-state index < -0.39 is 0 Å².